The SMILES string of the molecule is CN(C)Cc1c(/C=C2\C(=O)NN=C2C2CC2)[nH]c2c1CCCC2. The molecule has 1 amide bonds. The summed E-state index contributed by atoms with van der Waals surface area (Å²) in [4.78, 5) is 18.0. The van der Waals surface area contributed by atoms with E-state index in [1.807, 2.05) is 6.08 Å². The van der Waals surface area contributed by atoms with Crippen LogP contribution in [0.5, 0.6) is 0 Å². The molecule has 2 aliphatic carbocycles. The fraction of sp³-hybridized carbons (Fsp3) is 0.556. The number of hydrazone groups is 1. The Morgan fingerprint density at radius 2 is 2.04 bits per heavy atom. The Kier molecular flexibility index (Phi) is 3.60. The molecule has 0 radical (unpaired) electrons. The average Bonchev–Trinajstić information content (AvgIpc) is 3.23. The highest BCUT2D eigenvalue weighted by Crippen LogP contribution is 2.36. The molecule has 1 fully saturated rings. The number of carbonyl (C=O) groups excluding carboxylic acids is 1. The van der Waals surface area contributed by atoms with Crippen LogP contribution < -0.4 is 5.43 Å². The third-order valence-electron chi connectivity index (χ3n) is 4.97. The predicted octanol–water partition coefficient (Wildman–Crippen LogP) is 2.23. The number of aromatic nitrogens is 1. The quantitative estimate of drug-likeness (QED) is 0.838. The molecular weight excluding hydrogens is 288 g/mol. The fourth-order valence-electron chi connectivity index (χ4n) is 3.70. The van der Waals surface area contributed by atoms with E-state index in [1.165, 1.54) is 29.7 Å². The lowest BCUT2D eigenvalue weighted by Crippen LogP contribution is -2.15. The lowest BCUT2D eigenvalue weighted by atomic mass is 9.94. The van der Waals surface area contributed by atoms with Crippen molar-refractivity contribution in [2.24, 2.45) is 11.0 Å². The Morgan fingerprint density at radius 1 is 1.26 bits per heavy atom. The number of nitrogens with one attached hydrogen (secondary N) is 2. The molecule has 1 saturated carbocycles. The number of hydrogen-bond donors (Lipinski definition) is 2. The van der Waals surface area contributed by atoms with Gasteiger partial charge in [0.2, 0.25) is 0 Å². The maximum Gasteiger partial charge on any atom is 0.273 e. The molecule has 0 unspecified atom stereocenters. The molecular formula is C18H24N4O. The molecule has 2 N–H and O–H groups in total. The number of carbonyl (C=O) groups is 1. The first-order chi connectivity index (χ1) is 11.1. The van der Waals surface area contributed by atoms with Crippen LogP contribution in [0.1, 0.15) is 48.2 Å². The zero-order valence-electron chi connectivity index (χ0n) is 13.9. The van der Waals surface area contributed by atoms with Crippen LogP contribution >= 0.6 is 0 Å². The van der Waals surface area contributed by atoms with Gasteiger partial charge in [-0.05, 0) is 69.8 Å². The molecule has 0 bridgehead atoms. The highest BCUT2D eigenvalue weighted by Gasteiger charge is 2.36. The van der Waals surface area contributed by atoms with E-state index in [2.05, 4.69) is 34.5 Å². The van der Waals surface area contributed by atoms with Crippen LogP contribution in [0.2, 0.25) is 0 Å². The fourth-order valence-corrected chi connectivity index (χ4v) is 3.70. The molecule has 3 aliphatic rings. The summed E-state index contributed by atoms with van der Waals surface area (Å²) in [5, 5.41) is 4.25. The topological polar surface area (TPSA) is 60.5 Å². The van der Waals surface area contributed by atoms with Crippen LogP contribution in [-0.4, -0.2) is 35.6 Å². The molecule has 1 aliphatic heterocycles. The van der Waals surface area contributed by atoms with E-state index in [4.69, 9.17) is 0 Å². The van der Waals surface area contributed by atoms with Gasteiger partial charge < -0.3 is 9.88 Å². The third kappa shape index (κ3) is 2.74. The maximum atomic E-state index is 12.2. The predicted molar refractivity (Wildman–Crippen MR) is 91.1 cm³/mol. The Labute approximate surface area is 136 Å². The van der Waals surface area contributed by atoms with E-state index in [0.29, 0.717) is 5.92 Å². The summed E-state index contributed by atoms with van der Waals surface area (Å²) in [5.74, 6) is 0.414. The highest BCUT2D eigenvalue weighted by molar-refractivity contribution is 6.28. The second-order valence-electron chi connectivity index (χ2n) is 7.19. The van der Waals surface area contributed by atoms with Gasteiger partial charge in [0.25, 0.3) is 5.91 Å². The van der Waals surface area contributed by atoms with Gasteiger partial charge in [-0.3, -0.25) is 4.79 Å². The first-order valence-electron chi connectivity index (χ1n) is 8.61. The monoisotopic (exact) mass is 312 g/mol. The first-order valence-corrected chi connectivity index (χ1v) is 8.61. The van der Waals surface area contributed by atoms with E-state index in [0.717, 1.165) is 49.2 Å². The summed E-state index contributed by atoms with van der Waals surface area (Å²) in [6.45, 7) is 0.905. The highest BCUT2D eigenvalue weighted by atomic mass is 16.2. The van der Waals surface area contributed by atoms with Gasteiger partial charge in [-0.15, -0.1) is 0 Å². The Morgan fingerprint density at radius 3 is 2.78 bits per heavy atom. The van der Waals surface area contributed by atoms with E-state index in [1.54, 1.807) is 0 Å². The van der Waals surface area contributed by atoms with Gasteiger partial charge in [-0.1, -0.05) is 0 Å². The minimum Gasteiger partial charge on any atom is -0.358 e. The van der Waals surface area contributed by atoms with Crippen LogP contribution in [0.4, 0.5) is 0 Å². The number of aromatic amines is 1. The molecule has 122 valence electrons. The largest absolute Gasteiger partial charge is 0.358 e. The molecule has 0 atom stereocenters. The maximum absolute atomic E-state index is 12.2. The minimum absolute atomic E-state index is 0.0599. The first kappa shape index (κ1) is 14.7. The van der Waals surface area contributed by atoms with Crippen molar-refractivity contribution in [3.8, 4) is 0 Å². The number of nitrogens with zero attached hydrogens (tertiary/aromatic N) is 2. The summed E-state index contributed by atoms with van der Waals surface area (Å²) >= 11 is 0. The van der Waals surface area contributed by atoms with Gasteiger partial charge in [-0.2, -0.15) is 5.10 Å². The van der Waals surface area contributed by atoms with Crippen molar-refractivity contribution in [2.45, 2.75) is 45.1 Å². The number of hydrogen-bond acceptors (Lipinski definition) is 3. The van der Waals surface area contributed by atoms with Crippen LogP contribution in [0.3, 0.4) is 0 Å². The van der Waals surface area contributed by atoms with Gasteiger partial charge in [0.05, 0.1) is 11.3 Å². The number of fused-ring (bicyclic) bond motifs is 1. The van der Waals surface area contributed by atoms with Crippen LogP contribution in [0.25, 0.3) is 6.08 Å². The molecule has 2 heterocycles. The summed E-state index contributed by atoms with van der Waals surface area (Å²) in [6.07, 6.45) is 9.11. The molecule has 1 aromatic heterocycles. The standard InChI is InChI=1S/C18H24N4O/c1-22(2)10-14-12-5-3-4-6-15(12)19-16(14)9-13-17(11-7-8-11)20-21-18(13)23/h9,11,19H,3-8,10H2,1-2H3,(H,21,23)/b13-9-. The summed E-state index contributed by atoms with van der Waals surface area (Å²) in [6, 6.07) is 0. The van der Waals surface area contributed by atoms with Gasteiger partial charge >= 0.3 is 0 Å². The number of amides is 1. The Hall–Kier alpha value is -1.88. The minimum atomic E-state index is -0.0599. The van der Waals surface area contributed by atoms with Gasteiger partial charge in [0.15, 0.2) is 0 Å². The van der Waals surface area contributed by atoms with Crippen LogP contribution in [0, 0.1) is 5.92 Å². The van der Waals surface area contributed by atoms with Crippen LogP contribution in [-0.2, 0) is 24.2 Å². The molecule has 4 rings (SSSR count). The smallest absolute Gasteiger partial charge is 0.273 e. The third-order valence-corrected chi connectivity index (χ3v) is 4.97. The normalized spacial score (nSPS) is 22.5. The van der Waals surface area contributed by atoms with Crippen molar-refractivity contribution in [2.75, 3.05) is 14.1 Å². The van der Waals surface area contributed by atoms with Crippen molar-refractivity contribution in [1.29, 1.82) is 0 Å². The molecule has 5 heteroatoms. The second kappa shape index (κ2) is 5.64. The van der Waals surface area contributed by atoms with Crippen molar-refractivity contribution < 1.29 is 4.79 Å². The molecule has 23 heavy (non-hydrogen) atoms. The van der Waals surface area contributed by atoms with Gasteiger partial charge in [0, 0.05) is 23.9 Å². The summed E-state index contributed by atoms with van der Waals surface area (Å²) in [5.41, 5.74) is 9.65. The van der Waals surface area contributed by atoms with Crippen molar-refractivity contribution in [3.63, 3.8) is 0 Å². The number of aryl methyl sites for hydroxylation is 1. The molecule has 5 nitrogen and oxygen atoms in total. The summed E-state index contributed by atoms with van der Waals surface area (Å²) < 4.78 is 0. The lowest BCUT2D eigenvalue weighted by Gasteiger charge is -2.15. The van der Waals surface area contributed by atoms with Crippen molar-refractivity contribution in [1.82, 2.24) is 15.3 Å². The second-order valence-corrected chi connectivity index (χ2v) is 7.19. The molecule has 0 aromatic carbocycles. The summed E-state index contributed by atoms with van der Waals surface area (Å²) in [7, 11) is 4.19. The molecule has 0 spiro atoms. The zero-order valence-corrected chi connectivity index (χ0v) is 13.9. The lowest BCUT2D eigenvalue weighted by molar-refractivity contribution is -0.116. The molecule has 0 saturated heterocycles. The van der Waals surface area contributed by atoms with Gasteiger partial charge in [-0.25, -0.2) is 5.43 Å². The van der Waals surface area contributed by atoms with Crippen LogP contribution in [0.15, 0.2) is 10.7 Å². The number of H-pyrrole nitrogens is 1. The zero-order chi connectivity index (χ0) is 16.0. The van der Waals surface area contributed by atoms with Crippen molar-refractivity contribution in [3.05, 3.63) is 28.1 Å². The Balaban J connectivity index is 1.75. The van der Waals surface area contributed by atoms with Gasteiger partial charge in [0.1, 0.15) is 0 Å². The Bertz CT molecular complexity index is 707. The number of rotatable bonds is 4. The average molecular weight is 312 g/mol. The van der Waals surface area contributed by atoms with E-state index < -0.39 is 0 Å². The van der Waals surface area contributed by atoms with E-state index in [9.17, 15) is 4.79 Å². The van der Waals surface area contributed by atoms with E-state index in [-0.39, 0.29) is 5.91 Å². The van der Waals surface area contributed by atoms with E-state index >= 15 is 0 Å². The van der Waals surface area contributed by atoms with Crippen molar-refractivity contribution >= 4 is 17.7 Å². The molecule has 1 aromatic rings.